The summed E-state index contributed by atoms with van der Waals surface area (Å²) in [5.74, 6) is -0.0141. The van der Waals surface area contributed by atoms with Gasteiger partial charge in [-0.05, 0) is 60.6 Å². The lowest BCUT2D eigenvalue weighted by Crippen LogP contribution is -2.34. The van der Waals surface area contributed by atoms with Gasteiger partial charge in [0, 0.05) is 12.1 Å². The molecule has 1 atom stereocenters. The number of amides is 1. The molecule has 1 aromatic heterocycles. The van der Waals surface area contributed by atoms with Crippen molar-refractivity contribution < 1.29 is 4.79 Å². The van der Waals surface area contributed by atoms with E-state index in [2.05, 4.69) is 34.0 Å². The van der Waals surface area contributed by atoms with Gasteiger partial charge < -0.3 is 10.2 Å². The van der Waals surface area contributed by atoms with Crippen molar-refractivity contribution in [1.29, 1.82) is 0 Å². The first-order valence-corrected chi connectivity index (χ1v) is 8.11. The van der Waals surface area contributed by atoms with Gasteiger partial charge in [-0.15, -0.1) is 0 Å². The van der Waals surface area contributed by atoms with Gasteiger partial charge in [0.2, 0.25) is 0 Å². The van der Waals surface area contributed by atoms with Crippen LogP contribution in [0.1, 0.15) is 34.5 Å². The molecule has 0 aliphatic heterocycles. The average molecular weight is 302 g/mol. The van der Waals surface area contributed by atoms with Gasteiger partial charge in [-0.2, -0.15) is 11.3 Å². The van der Waals surface area contributed by atoms with E-state index in [1.807, 2.05) is 38.4 Å². The minimum absolute atomic E-state index is 0.0141. The van der Waals surface area contributed by atoms with Crippen LogP contribution in [0.25, 0.3) is 0 Å². The van der Waals surface area contributed by atoms with Gasteiger partial charge in [-0.3, -0.25) is 4.79 Å². The second-order valence-electron chi connectivity index (χ2n) is 5.30. The predicted octanol–water partition coefficient (Wildman–Crippen LogP) is 3.34. The molecule has 2 rings (SSSR count). The predicted molar refractivity (Wildman–Crippen MR) is 88.9 cm³/mol. The molecule has 1 amide bonds. The number of likely N-dealkylation sites (N-methyl/N-ethyl adjacent to an activating group) is 1. The normalized spacial score (nSPS) is 12.4. The molecule has 0 saturated carbocycles. The Labute approximate surface area is 130 Å². The highest BCUT2D eigenvalue weighted by Crippen LogP contribution is 2.20. The number of carbonyl (C=O) groups is 1. The summed E-state index contributed by atoms with van der Waals surface area (Å²) < 4.78 is 0. The Kier molecular flexibility index (Phi) is 5.53. The van der Waals surface area contributed by atoms with Crippen LogP contribution in [0.2, 0.25) is 0 Å². The Hall–Kier alpha value is -1.65. The summed E-state index contributed by atoms with van der Waals surface area (Å²) in [6.45, 7) is 2.72. The SMILES string of the molecule is CCc1ccc(C(=O)NCC(c2ccsc2)N(C)C)cc1. The highest BCUT2D eigenvalue weighted by molar-refractivity contribution is 7.07. The van der Waals surface area contributed by atoms with Gasteiger partial charge in [0.25, 0.3) is 5.91 Å². The molecule has 0 aliphatic rings. The van der Waals surface area contributed by atoms with Crippen molar-refractivity contribution in [2.24, 2.45) is 0 Å². The van der Waals surface area contributed by atoms with E-state index < -0.39 is 0 Å². The number of benzene rings is 1. The summed E-state index contributed by atoms with van der Waals surface area (Å²) in [5.41, 5.74) is 3.21. The first kappa shape index (κ1) is 15.7. The van der Waals surface area contributed by atoms with Gasteiger partial charge in [-0.1, -0.05) is 19.1 Å². The van der Waals surface area contributed by atoms with E-state index in [9.17, 15) is 4.79 Å². The number of nitrogens with one attached hydrogen (secondary N) is 1. The second-order valence-corrected chi connectivity index (χ2v) is 6.08. The van der Waals surface area contributed by atoms with Crippen LogP contribution in [0.3, 0.4) is 0 Å². The van der Waals surface area contributed by atoms with Crippen LogP contribution in [0.4, 0.5) is 0 Å². The second kappa shape index (κ2) is 7.38. The molecule has 112 valence electrons. The number of thiophene rings is 1. The molecule has 0 saturated heterocycles. The van der Waals surface area contributed by atoms with Crippen LogP contribution in [0.15, 0.2) is 41.1 Å². The van der Waals surface area contributed by atoms with E-state index in [1.165, 1.54) is 11.1 Å². The summed E-state index contributed by atoms with van der Waals surface area (Å²) in [4.78, 5) is 14.3. The molecule has 0 fully saturated rings. The van der Waals surface area contributed by atoms with Gasteiger partial charge in [0.05, 0.1) is 6.04 Å². The number of nitrogens with zero attached hydrogens (tertiary/aromatic N) is 1. The third kappa shape index (κ3) is 4.16. The number of hydrogen-bond acceptors (Lipinski definition) is 3. The lowest BCUT2D eigenvalue weighted by molar-refractivity contribution is 0.0942. The van der Waals surface area contributed by atoms with E-state index in [1.54, 1.807) is 11.3 Å². The summed E-state index contributed by atoms with van der Waals surface area (Å²) in [7, 11) is 4.06. The lowest BCUT2D eigenvalue weighted by Gasteiger charge is -2.24. The van der Waals surface area contributed by atoms with Crippen LogP contribution in [-0.4, -0.2) is 31.4 Å². The van der Waals surface area contributed by atoms with Gasteiger partial charge >= 0.3 is 0 Å². The quantitative estimate of drug-likeness (QED) is 0.887. The molecule has 0 radical (unpaired) electrons. The lowest BCUT2D eigenvalue weighted by atomic mass is 10.1. The van der Waals surface area contributed by atoms with E-state index in [-0.39, 0.29) is 11.9 Å². The van der Waals surface area contributed by atoms with Crippen molar-refractivity contribution in [3.8, 4) is 0 Å². The summed E-state index contributed by atoms with van der Waals surface area (Å²) in [6, 6.07) is 10.1. The molecule has 0 aliphatic carbocycles. The molecule has 1 aromatic carbocycles. The Morgan fingerprint density at radius 3 is 2.48 bits per heavy atom. The first-order chi connectivity index (χ1) is 10.1. The molecule has 0 bridgehead atoms. The summed E-state index contributed by atoms with van der Waals surface area (Å²) in [6.07, 6.45) is 0.989. The highest BCUT2D eigenvalue weighted by atomic mass is 32.1. The molecular weight excluding hydrogens is 280 g/mol. The fourth-order valence-electron chi connectivity index (χ4n) is 2.25. The molecule has 3 nitrogen and oxygen atoms in total. The zero-order chi connectivity index (χ0) is 15.2. The van der Waals surface area contributed by atoms with E-state index in [0.717, 1.165) is 12.0 Å². The maximum absolute atomic E-state index is 12.2. The van der Waals surface area contributed by atoms with Gasteiger partial charge in [-0.25, -0.2) is 0 Å². The highest BCUT2D eigenvalue weighted by Gasteiger charge is 2.16. The van der Waals surface area contributed by atoms with Crippen LogP contribution in [0, 0.1) is 0 Å². The summed E-state index contributed by atoms with van der Waals surface area (Å²) in [5, 5.41) is 7.23. The van der Waals surface area contributed by atoms with Gasteiger partial charge in [0.1, 0.15) is 0 Å². The van der Waals surface area contributed by atoms with Crippen LogP contribution in [-0.2, 0) is 6.42 Å². The van der Waals surface area contributed by atoms with Crippen molar-refractivity contribution in [3.63, 3.8) is 0 Å². The Morgan fingerprint density at radius 2 is 1.95 bits per heavy atom. The maximum atomic E-state index is 12.2. The van der Waals surface area contributed by atoms with E-state index >= 15 is 0 Å². The standard InChI is InChI=1S/C17H22N2OS/c1-4-13-5-7-14(8-6-13)17(20)18-11-16(19(2)3)15-9-10-21-12-15/h5-10,12,16H,4,11H2,1-3H3,(H,18,20). The Bertz CT molecular complexity index is 561. The van der Waals surface area contributed by atoms with Crippen molar-refractivity contribution in [3.05, 3.63) is 57.8 Å². The van der Waals surface area contributed by atoms with Crippen molar-refractivity contribution in [1.82, 2.24) is 10.2 Å². The van der Waals surface area contributed by atoms with E-state index in [4.69, 9.17) is 0 Å². The number of carbonyl (C=O) groups excluding carboxylic acids is 1. The Balaban J connectivity index is 1.98. The minimum Gasteiger partial charge on any atom is -0.350 e. The van der Waals surface area contributed by atoms with Crippen molar-refractivity contribution in [2.75, 3.05) is 20.6 Å². The molecule has 4 heteroatoms. The largest absolute Gasteiger partial charge is 0.350 e. The number of hydrogen-bond donors (Lipinski definition) is 1. The molecule has 1 N–H and O–H groups in total. The average Bonchev–Trinajstić information content (AvgIpc) is 3.01. The monoisotopic (exact) mass is 302 g/mol. The molecule has 0 spiro atoms. The molecule has 2 aromatic rings. The van der Waals surface area contributed by atoms with Crippen LogP contribution >= 0.6 is 11.3 Å². The van der Waals surface area contributed by atoms with Crippen LogP contribution < -0.4 is 5.32 Å². The first-order valence-electron chi connectivity index (χ1n) is 7.17. The zero-order valence-corrected chi connectivity index (χ0v) is 13.6. The van der Waals surface area contributed by atoms with Crippen molar-refractivity contribution >= 4 is 17.2 Å². The molecule has 1 heterocycles. The summed E-state index contributed by atoms with van der Waals surface area (Å²) >= 11 is 1.68. The topological polar surface area (TPSA) is 32.3 Å². The van der Waals surface area contributed by atoms with Crippen molar-refractivity contribution in [2.45, 2.75) is 19.4 Å². The zero-order valence-electron chi connectivity index (χ0n) is 12.8. The smallest absolute Gasteiger partial charge is 0.251 e. The number of aryl methyl sites for hydroxylation is 1. The fourth-order valence-corrected chi connectivity index (χ4v) is 2.95. The number of rotatable bonds is 6. The van der Waals surface area contributed by atoms with Gasteiger partial charge in [0.15, 0.2) is 0 Å². The fraction of sp³-hybridized carbons (Fsp3) is 0.353. The minimum atomic E-state index is -0.0141. The van der Waals surface area contributed by atoms with E-state index in [0.29, 0.717) is 6.54 Å². The molecule has 21 heavy (non-hydrogen) atoms. The molecule has 1 unspecified atom stereocenters. The van der Waals surface area contributed by atoms with Crippen LogP contribution in [0.5, 0.6) is 0 Å². The molecular formula is C17H22N2OS. The maximum Gasteiger partial charge on any atom is 0.251 e. The third-order valence-electron chi connectivity index (χ3n) is 3.63. The third-order valence-corrected chi connectivity index (χ3v) is 4.33. The Morgan fingerprint density at radius 1 is 1.24 bits per heavy atom.